The fourth-order valence-electron chi connectivity index (χ4n) is 4.92. The molecular formula is C29H37N3O7S. The largest absolute Gasteiger partial charge is 0.481 e. The first-order valence-electron chi connectivity index (χ1n) is 13.6. The highest BCUT2D eigenvalue weighted by atomic mass is 32.2. The molecule has 0 aliphatic heterocycles. The average Bonchev–Trinajstić information content (AvgIpc) is 3.70. The summed E-state index contributed by atoms with van der Waals surface area (Å²) in [4.78, 5) is 29.2. The lowest BCUT2D eigenvalue weighted by Crippen LogP contribution is -2.32. The smallest absolute Gasteiger partial charge is 0.308 e. The number of rotatable bonds is 14. The second kappa shape index (κ2) is 12.4. The van der Waals surface area contributed by atoms with Crippen molar-refractivity contribution < 1.29 is 32.3 Å². The van der Waals surface area contributed by atoms with Crippen molar-refractivity contribution in [2.24, 2.45) is 5.92 Å². The highest BCUT2D eigenvalue weighted by Crippen LogP contribution is 2.46. The van der Waals surface area contributed by atoms with Crippen molar-refractivity contribution in [2.75, 3.05) is 37.9 Å². The maximum Gasteiger partial charge on any atom is 0.308 e. The van der Waals surface area contributed by atoms with Crippen LogP contribution in [0.1, 0.15) is 66.4 Å². The Morgan fingerprint density at radius 1 is 1.23 bits per heavy atom. The Hall–Kier alpha value is -3.44. The number of carbonyl (C=O) groups is 2. The van der Waals surface area contributed by atoms with Crippen molar-refractivity contribution in [3.63, 3.8) is 0 Å². The number of sulfonamides is 1. The highest BCUT2D eigenvalue weighted by Gasteiger charge is 2.34. The zero-order chi connectivity index (χ0) is 29.0. The number of hydrogen-bond donors (Lipinski definition) is 2. The van der Waals surface area contributed by atoms with E-state index in [1.807, 2.05) is 30.3 Å². The van der Waals surface area contributed by atoms with Gasteiger partial charge in [0.15, 0.2) is 0 Å². The topological polar surface area (TPSA) is 139 Å². The summed E-state index contributed by atoms with van der Waals surface area (Å²) in [6.45, 7) is 2.31. The minimum absolute atomic E-state index is 0.102. The number of benzene rings is 1. The minimum Gasteiger partial charge on any atom is -0.481 e. The number of aromatic nitrogens is 1. The lowest BCUT2D eigenvalue weighted by Gasteiger charge is -2.24. The molecule has 0 saturated heterocycles. The molecule has 1 aromatic carbocycles. The summed E-state index contributed by atoms with van der Waals surface area (Å²) in [5.41, 5.74) is 3.20. The third-order valence-electron chi connectivity index (χ3n) is 7.30. The molecule has 2 aromatic heterocycles. The fourth-order valence-corrected chi connectivity index (χ4v) is 5.85. The maximum absolute atomic E-state index is 13.0. The van der Waals surface area contributed by atoms with E-state index in [2.05, 4.69) is 12.2 Å². The molecular weight excluding hydrogens is 534 g/mol. The number of furan rings is 1. The van der Waals surface area contributed by atoms with Crippen LogP contribution in [0.3, 0.4) is 0 Å². The van der Waals surface area contributed by atoms with Gasteiger partial charge in [-0.3, -0.25) is 13.9 Å². The van der Waals surface area contributed by atoms with E-state index in [0.29, 0.717) is 41.8 Å². The zero-order valence-electron chi connectivity index (χ0n) is 23.4. The van der Waals surface area contributed by atoms with Crippen LogP contribution in [-0.4, -0.2) is 63.9 Å². The first kappa shape index (κ1) is 29.5. The molecule has 1 aliphatic rings. The van der Waals surface area contributed by atoms with Crippen molar-refractivity contribution >= 4 is 38.8 Å². The summed E-state index contributed by atoms with van der Waals surface area (Å²) in [5, 5.41) is 12.6. The number of nitrogens with one attached hydrogen (secondary N) is 1. The van der Waals surface area contributed by atoms with Gasteiger partial charge in [0.1, 0.15) is 11.6 Å². The number of carboxylic acids is 1. The van der Waals surface area contributed by atoms with Gasteiger partial charge in [0.05, 0.1) is 29.7 Å². The quantitative estimate of drug-likeness (QED) is 0.268. The molecule has 1 unspecified atom stereocenters. The van der Waals surface area contributed by atoms with Crippen LogP contribution in [-0.2, 0) is 26.0 Å². The number of anilines is 1. The Labute approximate surface area is 234 Å². The number of pyridine rings is 1. The number of nitrogens with zero attached hydrogens (tertiary/aromatic N) is 2. The second-order valence-electron chi connectivity index (χ2n) is 10.3. The summed E-state index contributed by atoms with van der Waals surface area (Å²) in [6.07, 6.45) is 5.13. The molecule has 11 heteroatoms. The van der Waals surface area contributed by atoms with Crippen LogP contribution in [0.15, 0.2) is 34.7 Å². The number of unbranched alkanes of at least 4 members (excludes halogenated alkanes) is 1. The molecule has 1 aliphatic carbocycles. The number of aliphatic carboxylic acids is 1. The standard InChI is InChI=1S/C29H37N3O7S/c1-5-18-9-11-20(12-10-18)25-24(27(33)30-2)23-16-22(19-13-14-19)26(31-28(23)39-25)32(40(4,36)37)15-7-6-8-21(17-38-3)29(34)35/h9-12,16,19,21H,5-8,13-15,17H2,1-4H3,(H,30,33)(H,34,35). The van der Waals surface area contributed by atoms with Gasteiger partial charge < -0.3 is 19.6 Å². The predicted molar refractivity (Wildman–Crippen MR) is 153 cm³/mol. The molecule has 1 atom stereocenters. The molecule has 3 aromatic rings. The number of fused-ring (bicyclic) bond motifs is 1. The van der Waals surface area contributed by atoms with Crippen LogP contribution >= 0.6 is 0 Å². The van der Waals surface area contributed by atoms with Gasteiger partial charge in [-0.05, 0) is 55.2 Å². The SMILES string of the molecule is CCc1ccc(-c2oc3nc(N(CCCCC(COC)C(=O)O)S(C)(=O)=O)c(C4CC4)cc3c2C(=O)NC)cc1. The van der Waals surface area contributed by atoms with Crippen LogP contribution in [0.4, 0.5) is 5.82 Å². The Balaban J connectivity index is 1.75. The zero-order valence-corrected chi connectivity index (χ0v) is 24.2. The highest BCUT2D eigenvalue weighted by molar-refractivity contribution is 7.92. The monoisotopic (exact) mass is 571 g/mol. The number of amides is 1. The van der Waals surface area contributed by atoms with E-state index in [1.165, 1.54) is 11.4 Å². The van der Waals surface area contributed by atoms with Crippen molar-refractivity contribution in [2.45, 2.75) is 51.4 Å². The number of ether oxygens (including phenoxy) is 1. The summed E-state index contributed by atoms with van der Waals surface area (Å²) < 4.78 is 38.4. The van der Waals surface area contributed by atoms with E-state index < -0.39 is 21.9 Å². The Morgan fingerprint density at radius 3 is 2.48 bits per heavy atom. The molecule has 2 N–H and O–H groups in total. The van der Waals surface area contributed by atoms with Crippen LogP contribution in [0.2, 0.25) is 0 Å². The van der Waals surface area contributed by atoms with Gasteiger partial charge in [-0.2, -0.15) is 4.98 Å². The van der Waals surface area contributed by atoms with Crippen LogP contribution in [0.25, 0.3) is 22.4 Å². The summed E-state index contributed by atoms with van der Waals surface area (Å²) >= 11 is 0. The molecule has 0 bridgehead atoms. The van der Waals surface area contributed by atoms with Crippen molar-refractivity contribution in [3.05, 3.63) is 47.0 Å². The van der Waals surface area contributed by atoms with Crippen LogP contribution in [0, 0.1) is 5.92 Å². The van der Waals surface area contributed by atoms with Gasteiger partial charge in [0.25, 0.3) is 5.91 Å². The summed E-state index contributed by atoms with van der Waals surface area (Å²) in [6, 6.07) is 9.63. The molecule has 2 heterocycles. The average molecular weight is 572 g/mol. The van der Waals surface area contributed by atoms with Gasteiger partial charge in [0.2, 0.25) is 15.7 Å². The molecule has 0 radical (unpaired) electrons. The van der Waals surface area contributed by atoms with E-state index in [4.69, 9.17) is 14.1 Å². The lowest BCUT2D eigenvalue weighted by atomic mass is 10.0. The molecule has 4 rings (SSSR count). The van der Waals surface area contributed by atoms with E-state index in [-0.39, 0.29) is 30.7 Å². The third-order valence-corrected chi connectivity index (χ3v) is 8.46. The number of hydrogen-bond acceptors (Lipinski definition) is 7. The van der Waals surface area contributed by atoms with Crippen LogP contribution in [0.5, 0.6) is 0 Å². The van der Waals surface area contributed by atoms with Gasteiger partial charge in [0, 0.05) is 26.3 Å². The molecule has 10 nitrogen and oxygen atoms in total. The second-order valence-corrected chi connectivity index (χ2v) is 12.2. The summed E-state index contributed by atoms with van der Waals surface area (Å²) in [5.74, 6) is -1.08. The first-order chi connectivity index (χ1) is 19.1. The molecule has 1 amide bonds. The number of methoxy groups -OCH3 is 1. The molecule has 1 saturated carbocycles. The van der Waals surface area contributed by atoms with E-state index in [9.17, 15) is 23.1 Å². The van der Waals surface area contributed by atoms with E-state index in [0.717, 1.165) is 42.2 Å². The van der Waals surface area contributed by atoms with Crippen molar-refractivity contribution in [3.8, 4) is 11.3 Å². The molecule has 1 fully saturated rings. The van der Waals surface area contributed by atoms with E-state index in [1.54, 1.807) is 7.05 Å². The normalized spacial score (nSPS) is 14.3. The predicted octanol–water partition coefficient (Wildman–Crippen LogP) is 4.58. The number of aryl methyl sites for hydroxylation is 1. The van der Waals surface area contributed by atoms with Crippen LogP contribution < -0.4 is 9.62 Å². The van der Waals surface area contributed by atoms with Gasteiger partial charge in [-0.15, -0.1) is 0 Å². The van der Waals surface area contributed by atoms with Crippen molar-refractivity contribution in [1.29, 1.82) is 0 Å². The lowest BCUT2D eigenvalue weighted by molar-refractivity contribution is -0.143. The Morgan fingerprint density at radius 2 is 1.93 bits per heavy atom. The molecule has 216 valence electrons. The van der Waals surface area contributed by atoms with Gasteiger partial charge in [-0.1, -0.05) is 37.6 Å². The minimum atomic E-state index is -3.72. The fraction of sp³-hybridized carbons (Fsp3) is 0.483. The number of carbonyl (C=O) groups excluding carboxylic acids is 1. The third kappa shape index (κ3) is 6.47. The first-order valence-corrected chi connectivity index (χ1v) is 15.4. The Kier molecular flexibility index (Phi) is 9.15. The maximum atomic E-state index is 13.0. The van der Waals surface area contributed by atoms with Gasteiger partial charge in [-0.25, -0.2) is 8.42 Å². The van der Waals surface area contributed by atoms with Crippen molar-refractivity contribution in [1.82, 2.24) is 10.3 Å². The molecule has 0 spiro atoms. The van der Waals surface area contributed by atoms with Gasteiger partial charge >= 0.3 is 5.97 Å². The number of carboxylic acid groups (broad SMARTS) is 1. The van der Waals surface area contributed by atoms with E-state index >= 15 is 0 Å². The molecule has 40 heavy (non-hydrogen) atoms. The summed E-state index contributed by atoms with van der Waals surface area (Å²) in [7, 11) is -0.703. The Bertz CT molecular complexity index is 1480.